The van der Waals surface area contributed by atoms with Gasteiger partial charge in [-0.3, -0.25) is 4.72 Å². The summed E-state index contributed by atoms with van der Waals surface area (Å²) in [7, 11) is -3.78. The summed E-state index contributed by atoms with van der Waals surface area (Å²) in [5.74, 6) is 0.0832. The molecule has 26 heavy (non-hydrogen) atoms. The third-order valence-electron chi connectivity index (χ3n) is 4.08. The number of rotatable bonds is 6. The lowest BCUT2D eigenvalue weighted by Gasteiger charge is -2.11. The van der Waals surface area contributed by atoms with Crippen LogP contribution >= 0.6 is 22.9 Å². The smallest absolute Gasteiger partial charge is 0.253 e. The molecule has 3 aromatic rings. The van der Waals surface area contributed by atoms with Gasteiger partial charge in [0, 0.05) is 10.9 Å². The van der Waals surface area contributed by atoms with Crippen molar-refractivity contribution in [2.24, 2.45) is 0 Å². The van der Waals surface area contributed by atoms with Crippen molar-refractivity contribution in [3.8, 4) is 0 Å². The van der Waals surface area contributed by atoms with Crippen LogP contribution < -0.4 is 4.72 Å². The first-order chi connectivity index (χ1) is 12.4. The van der Waals surface area contributed by atoms with Crippen molar-refractivity contribution in [3.05, 3.63) is 69.7 Å². The molecular weight excluding hydrogens is 390 g/mol. The number of hydrogen-bond donors (Lipinski definition) is 1. The molecule has 5 nitrogen and oxygen atoms in total. The maximum absolute atomic E-state index is 12.7. The second kappa shape index (κ2) is 7.73. The lowest BCUT2D eigenvalue weighted by Crippen LogP contribution is -2.14. The van der Waals surface area contributed by atoms with E-state index in [2.05, 4.69) is 21.8 Å². The predicted molar refractivity (Wildman–Crippen MR) is 105 cm³/mol. The molecule has 1 atom stereocenters. The molecule has 0 aliphatic carbocycles. The number of benzene rings is 2. The van der Waals surface area contributed by atoms with Crippen LogP contribution in [0.4, 0.5) is 5.13 Å². The SMILES string of the molecule is CCC(c1ccccc1)c1nnc(NS(=O)(=O)c2cccc(Cl)c2C)s1. The van der Waals surface area contributed by atoms with Crippen LogP contribution in [0.5, 0.6) is 0 Å². The van der Waals surface area contributed by atoms with Crippen molar-refractivity contribution in [2.45, 2.75) is 31.1 Å². The molecule has 2 aromatic carbocycles. The maximum atomic E-state index is 12.7. The van der Waals surface area contributed by atoms with E-state index in [4.69, 9.17) is 11.6 Å². The van der Waals surface area contributed by atoms with Crippen LogP contribution in [0.15, 0.2) is 53.4 Å². The number of aromatic nitrogens is 2. The van der Waals surface area contributed by atoms with E-state index in [0.29, 0.717) is 10.6 Å². The Morgan fingerprint density at radius 1 is 1.12 bits per heavy atom. The van der Waals surface area contributed by atoms with E-state index in [1.807, 2.05) is 30.3 Å². The molecule has 0 amide bonds. The summed E-state index contributed by atoms with van der Waals surface area (Å²) in [6, 6.07) is 14.8. The molecule has 0 spiro atoms. The minimum Gasteiger partial charge on any atom is -0.253 e. The normalized spacial score (nSPS) is 12.7. The molecule has 0 bridgehead atoms. The minimum atomic E-state index is -3.78. The fraction of sp³-hybridized carbons (Fsp3) is 0.222. The van der Waals surface area contributed by atoms with Gasteiger partial charge in [0.2, 0.25) is 5.13 Å². The van der Waals surface area contributed by atoms with Crippen molar-refractivity contribution in [1.82, 2.24) is 10.2 Å². The van der Waals surface area contributed by atoms with E-state index in [9.17, 15) is 8.42 Å². The number of halogens is 1. The minimum absolute atomic E-state index is 0.0832. The van der Waals surface area contributed by atoms with E-state index in [1.165, 1.54) is 17.4 Å². The summed E-state index contributed by atoms with van der Waals surface area (Å²) in [5.41, 5.74) is 1.63. The summed E-state index contributed by atoms with van der Waals surface area (Å²) in [4.78, 5) is 0.136. The van der Waals surface area contributed by atoms with Crippen LogP contribution in [0.1, 0.15) is 35.4 Å². The Bertz CT molecular complexity index is 1000. The highest BCUT2D eigenvalue weighted by Crippen LogP contribution is 2.32. The Kier molecular flexibility index (Phi) is 5.60. The quantitative estimate of drug-likeness (QED) is 0.634. The predicted octanol–water partition coefficient (Wildman–Crippen LogP) is 4.84. The Morgan fingerprint density at radius 2 is 1.85 bits per heavy atom. The summed E-state index contributed by atoms with van der Waals surface area (Å²) < 4.78 is 27.8. The molecule has 1 heterocycles. The zero-order chi connectivity index (χ0) is 18.7. The maximum Gasteiger partial charge on any atom is 0.264 e. The van der Waals surface area contributed by atoms with Crippen LogP contribution in [0.3, 0.4) is 0 Å². The molecule has 3 rings (SSSR count). The third-order valence-corrected chi connectivity index (χ3v) is 7.05. The topological polar surface area (TPSA) is 72.0 Å². The van der Waals surface area contributed by atoms with Crippen LogP contribution in [0.25, 0.3) is 0 Å². The second-order valence-electron chi connectivity index (χ2n) is 5.79. The highest BCUT2D eigenvalue weighted by atomic mass is 35.5. The van der Waals surface area contributed by atoms with Gasteiger partial charge in [0.1, 0.15) is 5.01 Å². The molecule has 0 aliphatic rings. The van der Waals surface area contributed by atoms with Crippen molar-refractivity contribution in [1.29, 1.82) is 0 Å². The van der Waals surface area contributed by atoms with Gasteiger partial charge < -0.3 is 0 Å². The van der Waals surface area contributed by atoms with Gasteiger partial charge in [-0.25, -0.2) is 8.42 Å². The monoisotopic (exact) mass is 407 g/mol. The van der Waals surface area contributed by atoms with Gasteiger partial charge >= 0.3 is 0 Å². The van der Waals surface area contributed by atoms with Crippen LogP contribution in [0, 0.1) is 6.92 Å². The Labute approximate surface area is 162 Å². The zero-order valence-electron chi connectivity index (χ0n) is 14.3. The van der Waals surface area contributed by atoms with Crippen LogP contribution in [-0.4, -0.2) is 18.6 Å². The standard InChI is InChI=1S/C18H18ClN3O2S2/c1-3-14(13-8-5-4-6-9-13)17-20-21-18(25-17)22-26(23,24)16-11-7-10-15(19)12(16)2/h4-11,14H,3H2,1-2H3,(H,21,22). The van der Waals surface area contributed by atoms with Gasteiger partial charge in [0.05, 0.1) is 4.90 Å². The molecule has 0 saturated heterocycles. The first-order valence-electron chi connectivity index (χ1n) is 8.08. The van der Waals surface area contributed by atoms with Crippen LogP contribution in [0.2, 0.25) is 5.02 Å². The van der Waals surface area contributed by atoms with E-state index >= 15 is 0 Å². The average molecular weight is 408 g/mol. The Morgan fingerprint density at radius 3 is 2.54 bits per heavy atom. The number of nitrogens with one attached hydrogen (secondary N) is 1. The van der Waals surface area contributed by atoms with Gasteiger partial charge in [0.25, 0.3) is 10.0 Å². The van der Waals surface area contributed by atoms with Gasteiger partial charge in [-0.2, -0.15) is 0 Å². The van der Waals surface area contributed by atoms with Crippen molar-refractivity contribution < 1.29 is 8.42 Å². The van der Waals surface area contributed by atoms with Gasteiger partial charge in [-0.1, -0.05) is 66.3 Å². The summed E-state index contributed by atoms with van der Waals surface area (Å²) in [6.07, 6.45) is 0.846. The number of anilines is 1. The van der Waals surface area contributed by atoms with Gasteiger partial charge in [0.15, 0.2) is 0 Å². The van der Waals surface area contributed by atoms with Crippen molar-refractivity contribution in [3.63, 3.8) is 0 Å². The molecule has 136 valence electrons. The van der Waals surface area contributed by atoms with Gasteiger partial charge in [-0.15, -0.1) is 10.2 Å². The molecular formula is C18H18ClN3O2S2. The largest absolute Gasteiger partial charge is 0.264 e. The first-order valence-corrected chi connectivity index (χ1v) is 10.8. The average Bonchev–Trinajstić information content (AvgIpc) is 3.06. The third kappa shape index (κ3) is 3.90. The lowest BCUT2D eigenvalue weighted by atomic mass is 9.97. The molecule has 0 fully saturated rings. The number of sulfonamides is 1. The fourth-order valence-electron chi connectivity index (χ4n) is 2.70. The van der Waals surface area contributed by atoms with Crippen molar-refractivity contribution in [2.75, 3.05) is 4.72 Å². The summed E-state index contributed by atoms with van der Waals surface area (Å²) in [5, 5.41) is 9.64. The molecule has 0 aliphatic heterocycles. The highest BCUT2D eigenvalue weighted by Gasteiger charge is 2.22. The fourth-order valence-corrected chi connectivity index (χ4v) is 5.39. The second-order valence-corrected chi connectivity index (χ2v) is 8.85. The molecule has 0 radical (unpaired) electrons. The molecule has 1 aromatic heterocycles. The Hall–Kier alpha value is -1.96. The summed E-state index contributed by atoms with van der Waals surface area (Å²) >= 11 is 7.28. The van der Waals surface area contributed by atoms with E-state index in [-0.39, 0.29) is 15.9 Å². The molecule has 0 saturated carbocycles. The Balaban J connectivity index is 1.87. The molecule has 1 unspecified atom stereocenters. The van der Waals surface area contributed by atoms with Gasteiger partial charge in [-0.05, 0) is 36.6 Å². The lowest BCUT2D eigenvalue weighted by molar-refractivity contribution is 0.600. The van der Waals surface area contributed by atoms with Crippen molar-refractivity contribution >= 4 is 38.1 Å². The summed E-state index contributed by atoms with van der Waals surface area (Å²) in [6.45, 7) is 3.74. The van der Waals surface area contributed by atoms with Crippen LogP contribution in [-0.2, 0) is 10.0 Å². The molecule has 1 N–H and O–H groups in total. The highest BCUT2D eigenvalue weighted by molar-refractivity contribution is 7.93. The number of hydrogen-bond acceptors (Lipinski definition) is 5. The molecule has 8 heteroatoms. The van der Waals surface area contributed by atoms with E-state index in [0.717, 1.165) is 17.0 Å². The first kappa shape index (κ1) is 18.8. The van der Waals surface area contributed by atoms with E-state index < -0.39 is 10.0 Å². The zero-order valence-corrected chi connectivity index (χ0v) is 16.7. The number of nitrogens with zero attached hydrogens (tertiary/aromatic N) is 2. The van der Waals surface area contributed by atoms with E-state index in [1.54, 1.807) is 19.1 Å².